The number of hydrogen-bond acceptors (Lipinski definition) is 21. The highest BCUT2D eigenvalue weighted by molar-refractivity contribution is 9.11. The molecule has 0 amide bonds. The third-order valence-corrected chi connectivity index (χ3v) is 18.6. The molecule has 7 aliphatic heterocycles. The van der Waals surface area contributed by atoms with Crippen LogP contribution in [0.1, 0.15) is 158 Å². The number of hydrogen-bond donors (Lipinski definition) is 7. The molecule has 0 aliphatic carbocycles. The van der Waals surface area contributed by atoms with Crippen molar-refractivity contribution in [3.63, 3.8) is 0 Å². The van der Waals surface area contributed by atoms with Gasteiger partial charge in [-0.15, -0.1) is 0 Å². The second kappa shape index (κ2) is 29.1. The Morgan fingerprint density at radius 2 is 1.47 bits per heavy atom. The van der Waals surface area contributed by atoms with Crippen molar-refractivity contribution in [2.45, 2.75) is 278 Å². The monoisotopic (exact) mass is 1270 g/mol. The predicted octanol–water partition coefficient (Wildman–Crippen LogP) is 6.07. The third-order valence-electron chi connectivity index (χ3n) is 18.3. The Labute approximate surface area is 508 Å². The van der Waals surface area contributed by atoms with Crippen LogP contribution in [0.5, 0.6) is 0 Å². The van der Waals surface area contributed by atoms with Crippen LogP contribution in [-0.4, -0.2) is 187 Å². The van der Waals surface area contributed by atoms with Gasteiger partial charge in [0.25, 0.3) is 0 Å². The first kappa shape index (κ1) is 69.2. The second-order valence-corrected chi connectivity index (χ2v) is 27.0. The molecular formula is C63H95BrO21. The molecule has 7 N–H and O–H groups in total. The van der Waals surface area contributed by atoms with Crippen molar-refractivity contribution in [3.05, 3.63) is 59.7 Å². The van der Waals surface area contributed by atoms with E-state index in [1.165, 1.54) is 19.9 Å². The fraction of sp³-hybridized carbons (Fsp3) is 0.778. The first-order chi connectivity index (χ1) is 39.8. The zero-order chi connectivity index (χ0) is 62.5. The zero-order valence-electron chi connectivity index (χ0n) is 50.7. The number of ether oxygens (including phenoxy) is 10. The maximum atomic E-state index is 14.5. The van der Waals surface area contributed by atoms with Gasteiger partial charge in [-0.1, -0.05) is 98.8 Å². The maximum absolute atomic E-state index is 14.5. The lowest BCUT2D eigenvalue weighted by molar-refractivity contribution is -0.351. The number of rotatable bonds is 9. The Balaban J connectivity index is 1.22. The van der Waals surface area contributed by atoms with Gasteiger partial charge in [0.2, 0.25) is 0 Å². The number of ketones is 1. The van der Waals surface area contributed by atoms with Crippen LogP contribution in [0, 0.1) is 23.7 Å². The molecule has 85 heavy (non-hydrogen) atoms. The lowest BCUT2D eigenvalue weighted by atomic mass is 9.78. The number of aliphatic hydroxyl groups is 7. The van der Waals surface area contributed by atoms with Crippen molar-refractivity contribution in [2.24, 2.45) is 23.7 Å². The lowest BCUT2D eigenvalue weighted by Crippen LogP contribution is -2.65. The van der Waals surface area contributed by atoms with Crippen molar-refractivity contribution in [1.29, 1.82) is 0 Å². The standard InChI is InChI=1S/C63H95BrO21/c1-33(19-42(67)18-17-35(3)64)20-53-55(72)57-39(7)58(79-53)59(73)63(75)31-51(70)37(5)52(85-63)16-14-12-13-15-44-22-43(68)27-61(81-44)29-47(76-11)23-45(82-61)25-50(69)38(6)56(78-41(9)66)36(4)34(2)21-49-28-60(10,74)32-62(84-49)30-48(77-40(8)65)24-46(83-62)26-54(71)80-57/h13,15,17-18,36-39,42-49,51-53,55-59,67-68,70,72-75H,1-3,12,14,16,19-32H2,4-11H3/b15-13-,18-17+. The van der Waals surface area contributed by atoms with Gasteiger partial charge < -0.3 is 83.1 Å². The molecule has 21 nitrogen and oxygen atoms in total. The van der Waals surface area contributed by atoms with Crippen LogP contribution < -0.4 is 0 Å². The molecule has 7 rings (SSSR count). The molecule has 0 aromatic heterocycles. The third kappa shape index (κ3) is 18.2. The summed E-state index contributed by atoms with van der Waals surface area (Å²) in [6, 6.07) is 0. The summed E-state index contributed by atoms with van der Waals surface area (Å²) in [6.07, 6.45) is -8.17. The minimum absolute atomic E-state index is 0.0122. The Morgan fingerprint density at radius 3 is 2.15 bits per heavy atom. The van der Waals surface area contributed by atoms with Gasteiger partial charge >= 0.3 is 17.9 Å². The smallest absolute Gasteiger partial charge is 0.308 e. The summed E-state index contributed by atoms with van der Waals surface area (Å²) in [6.45, 7) is 23.3. The summed E-state index contributed by atoms with van der Waals surface area (Å²) < 4.78 is 64.0. The molecule has 480 valence electrons. The van der Waals surface area contributed by atoms with Gasteiger partial charge in [0.15, 0.2) is 17.4 Å². The van der Waals surface area contributed by atoms with Gasteiger partial charge in [-0.05, 0) is 45.4 Å². The number of methoxy groups -OCH3 is 1. The van der Waals surface area contributed by atoms with E-state index in [9.17, 15) is 54.9 Å². The van der Waals surface area contributed by atoms with E-state index in [4.69, 9.17) is 47.4 Å². The van der Waals surface area contributed by atoms with Crippen molar-refractivity contribution < 1.29 is 102 Å². The highest BCUT2D eigenvalue weighted by atomic mass is 79.9. The fourth-order valence-corrected chi connectivity index (χ4v) is 14.3. The van der Waals surface area contributed by atoms with E-state index in [0.717, 1.165) is 0 Å². The average molecular weight is 1270 g/mol. The highest BCUT2D eigenvalue weighted by Crippen LogP contribution is 2.48. The molecule has 7 heterocycles. The van der Waals surface area contributed by atoms with Crippen molar-refractivity contribution in [2.75, 3.05) is 7.11 Å². The summed E-state index contributed by atoms with van der Waals surface area (Å²) >= 11 is 3.24. The molecule has 22 heteroatoms. The van der Waals surface area contributed by atoms with Crippen LogP contribution in [0.2, 0.25) is 0 Å². The molecule has 0 radical (unpaired) electrons. The Hall–Kier alpha value is -3.30. The number of Topliss-reactive ketones (excluding diaryl/α,β-unsaturated/α-hetero) is 1. The highest BCUT2D eigenvalue weighted by Gasteiger charge is 2.58. The molecule has 6 saturated heterocycles. The molecule has 2 spiro atoms. The summed E-state index contributed by atoms with van der Waals surface area (Å²) in [7, 11) is 1.57. The number of halogens is 1. The second-order valence-electron chi connectivity index (χ2n) is 25.9. The van der Waals surface area contributed by atoms with Crippen LogP contribution in [0.3, 0.4) is 0 Å². The van der Waals surface area contributed by atoms with E-state index < -0.39 is 169 Å². The molecule has 6 fully saturated rings. The van der Waals surface area contributed by atoms with E-state index in [0.29, 0.717) is 47.7 Å². The van der Waals surface area contributed by atoms with Crippen LogP contribution in [0.15, 0.2) is 59.7 Å². The number of carbonyl (C=O) groups excluding carboxylic acids is 4. The molecule has 0 saturated carbocycles. The molecule has 0 aromatic rings. The van der Waals surface area contributed by atoms with Gasteiger partial charge in [0.1, 0.15) is 36.3 Å². The topological polar surface area (TPSA) is 302 Å². The maximum Gasteiger partial charge on any atom is 0.308 e. The number of carbonyl (C=O) groups is 4. The SMILES string of the molecule is C=C(Br)/C=C/C(O)CC(=C)CC1OC2C(C)C(OC(=O)CC3CC(OC(C)=O)CC4(CC(C)(O)CC(CC(=C)C(C)C(OC(C)=O)C(C)C(=O)CC5CC(OC)CC6(CC(O)CC(/C=C\CCCC7OC(O)(CC(O)C7C)C2O)O6)O5)O4)O3)C1O. The van der Waals surface area contributed by atoms with E-state index in [2.05, 4.69) is 35.7 Å². The summed E-state index contributed by atoms with van der Waals surface area (Å²) in [5, 5.41) is 82.5. The van der Waals surface area contributed by atoms with Crippen molar-refractivity contribution >= 4 is 39.6 Å². The van der Waals surface area contributed by atoms with E-state index in [-0.39, 0.29) is 76.1 Å². The zero-order valence-corrected chi connectivity index (χ0v) is 52.3. The number of aliphatic hydroxyl groups excluding tert-OH is 5. The Kier molecular flexibility index (Phi) is 23.7. The summed E-state index contributed by atoms with van der Waals surface area (Å²) in [5.41, 5.74) is -0.473. The molecule has 10 bridgehead atoms. The molecule has 0 aromatic carbocycles. The van der Waals surface area contributed by atoms with Crippen LogP contribution >= 0.6 is 15.9 Å². The first-order valence-corrected chi connectivity index (χ1v) is 31.1. The van der Waals surface area contributed by atoms with Gasteiger partial charge in [0.05, 0.1) is 85.1 Å². The number of allylic oxidation sites excluding steroid dienone is 3. The van der Waals surface area contributed by atoms with Gasteiger partial charge in [0, 0.05) is 107 Å². The molecule has 24 atom stereocenters. The minimum Gasteiger partial charge on any atom is -0.462 e. The minimum atomic E-state index is -2.40. The largest absolute Gasteiger partial charge is 0.462 e. The van der Waals surface area contributed by atoms with Crippen LogP contribution in [0.4, 0.5) is 0 Å². The van der Waals surface area contributed by atoms with Gasteiger partial charge in [-0.2, -0.15) is 0 Å². The molecule has 24 unspecified atom stereocenters. The summed E-state index contributed by atoms with van der Waals surface area (Å²) in [4.78, 5) is 54.3. The Morgan fingerprint density at radius 1 is 0.812 bits per heavy atom. The number of fused-ring (bicyclic) bond motifs is 8. The first-order valence-electron chi connectivity index (χ1n) is 30.3. The van der Waals surface area contributed by atoms with Crippen molar-refractivity contribution in [1.82, 2.24) is 0 Å². The molecular weight excluding hydrogens is 1170 g/mol. The van der Waals surface area contributed by atoms with Crippen molar-refractivity contribution in [3.8, 4) is 0 Å². The van der Waals surface area contributed by atoms with Gasteiger partial charge in [-0.3, -0.25) is 19.2 Å². The quantitative estimate of drug-likeness (QED) is 0.0597. The number of esters is 3. The van der Waals surface area contributed by atoms with Gasteiger partial charge in [-0.25, -0.2) is 0 Å². The normalized spacial score (nSPS) is 44.5. The molecule has 7 aliphatic rings. The predicted molar refractivity (Wildman–Crippen MR) is 311 cm³/mol. The Bertz CT molecular complexity index is 2430. The lowest BCUT2D eigenvalue weighted by Gasteiger charge is -2.52. The van der Waals surface area contributed by atoms with E-state index in [1.54, 1.807) is 47.8 Å². The summed E-state index contributed by atoms with van der Waals surface area (Å²) in [5.74, 6) is -10.7. The van der Waals surface area contributed by atoms with Crippen LogP contribution in [-0.2, 0) is 66.5 Å². The van der Waals surface area contributed by atoms with E-state index >= 15 is 0 Å². The van der Waals surface area contributed by atoms with E-state index in [1.807, 2.05) is 12.2 Å². The fourth-order valence-electron chi connectivity index (χ4n) is 14.1. The average Bonchev–Trinajstić information content (AvgIpc) is 1.35. The van der Waals surface area contributed by atoms with Crippen LogP contribution in [0.25, 0.3) is 0 Å².